The number of hydrogen-bond donors (Lipinski definition) is 0. The molecule has 2 heterocycles. The molecule has 1 unspecified atom stereocenters. The lowest BCUT2D eigenvalue weighted by atomic mass is 10.1. The Hall–Kier alpha value is -0.680. The van der Waals surface area contributed by atoms with Crippen molar-refractivity contribution >= 4 is 30.8 Å². The lowest BCUT2D eigenvalue weighted by Gasteiger charge is -2.11. The first-order valence-corrected chi connectivity index (χ1v) is 7.42. The van der Waals surface area contributed by atoms with Crippen molar-refractivity contribution < 1.29 is 9.47 Å². The Morgan fingerprint density at radius 3 is 3.27 bits per heavy atom. The molecule has 2 aliphatic heterocycles. The van der Waals surface area contributed by atoms with Crippen LogP contribution < -0.4 is 4.74 Å². The molecule has 0 aromatic heterocycles. The van der Waals surface area contributed by atoms with Gasteiger partial charge in [0.15, 0.2) is 0 Å². The maximum absolute atomic E-state index is 5.74. The highest BCUT2D eigenvalue weighted by atomic mass is 127. The van der Waals surface area contributed by atoms with Gasteiger partial charge in [0.05, 0.1) is 6.61 Å². The Balaban J connectivity index is 1.86. The summed E-state index contributed by atoms with van der Waals surface area (Å²) in [6, 6.07) is 6.24. The standard InChI is InChI=1S/C12H11IO2/c1-2-9-6-13-5-4-11(9)12(3-1)15-8-10-7-14-10/h1-6,10H,7-8H2. The normalized spacial score (nSPS) is 21.7. The van der Waals surface area contributed by atoms with E-state index in [9.17, 15) is 0 Å². The SMILES string of the molecule is C1=Cc2c(cccc2OCC2CO2)C=I1. The Morgan fingerprint density at radius 2 is 2.40 bits per heavy atom. The van der Waals surface area contributed by atoms with Gasteiger partial charge in [-0.05, 0) is 25.8 Å². The lowest BCUT2D eigenvalue weighted by molar-refractivity contribution is 0.262. The van der Waals surface area contributed by atoms with Gasteiger partial charge in [-0.25, -0.2) is 0 Å². The highest BCUT2D eigenvalue weighted by Crippen LogP contribution is 2.28. The molecule has 0 saturated carbocycles. The molecular formula is C12H11IO2. The third-order valence-electron chi connectivity index (χ3n) is 2.41. The Labute approximate surface area is 98.6 Å². The van der Waals surface area contributed by atoms with Crippen molar-refractivity contribution in [2.45, 2.75) is 6.10 Å². The van der Waals surface area contributed by atoms with Crippen molar-refractivity contribution in [3.63, 3.8) is 0 Å². The summed E-state index contributed by atoms with van der Waals surface area (Å²) in [5, 5.41) is 0. The van der Waals surface area contributed by atoms with Crippen molar-refractivity contribution in [3.05, 3.63) is 33.4 Å². The number of rotatable bonds is 3. The fourth-order valence-electron chi connectivity index (χ4n) is 1.51. The van der Waals surface area contributed by atoms with Gasteiger partial charge in [0, 0.05) is 5.56 Å². The average molecular weight is 314 g/mol. The van der Waals surface area contributed by atoms with Crippen molar-refractivity contribution in [3.8, 4) is 5.75 Å². The van der Waals surface area contributed by atoms with Gasteiger partial charge in [-0.2, -0.15) is 0 Å². The summed E-state index contributed by atoms with van der Waals surface area (Å²) < 4.78 is 15.5. The van der Waals surface area contributed by atoms with Crippen LogP contribution in [-0.4, -0.2) is 23.3 Å². The summed E-state index contributed by atoms with van der Waals surface area (Å²) >= 11 is 0.117. The second kappa shape index (κ2) is 4.06. The molecule has 3 heteroatoms. The second-order valence-electron chi connectivity index (χ2n) is 3.55. The maximum Gasteiger partial charge on any atom is 0.127 e. The van der Waals surface area contributed by atoms with E-state index in [2.05, 4.69) is 26.3 Å². The highest BCUT2D eigenvalue weighted by Gasteiger charge is 2.23. The van der Waals surface area contributed by atoms with Gasteiger partial charge in [-0.1, -0.05) is 32.9 Å². The Bertz CT molecular complexity index is 433. The van der Waals surface area contributed by atoms with E-state index in [1.807, 2.05) is 6.07 Å². The minimum atomic E-state index is 0.117. The summed E-state index contributed by atoms with van der Waals surface area (Å²) in [4.78, 5) is 0. The molecule has 78 valence electrons. The van der Waals surface area contributed by atoms with Crippen molar-refractivity contribution in [1.29, 1.82) is 0 Å². The molecule has 0 bridgehead atoms. The van der Waals surface area contributed by atoms with Crippen LogP contribution in [0.15, 0.2) is 22.3 Å². The number of hydrogen-bond acceptors (Lipinski definition) is 2. The van der Waals surface area contributed by atoms with Crippen LogP contribution in [0.4, 0.5) is 0 Å². The average Bonchev–Trinajstić information content (AvgIpc) is 3.10. The fourth-order valence-corrected chi connectivity index (χ4v) is 3.22. The molecule has 1 saturated heterocycles. The van der Waals surface area contributed by atoms with Crippen LogP contribution in [0.1, 0.15) is 11.1 Å². The van der Waals surface area contributed by atoms with E-state index in [0.717, 1.165) is 12.4 Å². The predicted octanol–water partition coefficient (Wildman–Crippen LogP) is 2.57. The fraction of sp³-hybridized carbons (Fsp3) is 0.250. The van der Waals surface area contributed by atoms with E-state index >= 15 is 0 Å². The molecule has 3 rings (SSSR count). The van der Waals surface area contributed by atoms with Gasteiger partial charge >= 0.3 is 0 Å². The van der Waals surface area contributed by atoms with Crippen LogP contribution in [0.3, 0.4) is 0 Å². The van der Waals surface area contributed by atoms with Crippen LogP contribution in [-0.2, 0) is 4.74 Å². The summed E-state index contributed by atoms with van der Waals surface area (Å²) in [6.07, 6.45) is 2.51. The van der Waals surface area contributed by atoms with Crippen LogP contribution in [0.25, 0.3) is 6.08 Å². The van der Waals surface area contributed by atoms with Gasteiger partial charge in [-0.3, -0.25) is 0 Å². The van der Waals surface area contributed by atoms with E-state index < -0.39 is 0 Å². The molecule has 1 atom stereocenters. The first-order chi connectivity index (χ1) is 7.43. The van der Waals surface area contributed by atoms with E-state index in [4.69, 9.17) is 9.47 Å². The first kappa shape index (κ1) is 9.54. The minimum Gasteiger partial charge on any atom is -0.490 e. The highest BCUT2D eigenvalue weighted by molar-refractivity contribution is 14.2. The number of fused-ring (bicyclic) bond motifs is 1. The molecule has 0 radical (unpaired) electrons. The predicted molar refractivity (Wildman–Crippen MR) is 69.9 cm³/mol. The van der Waals surface area contributed by atoms with Crippen LogP contribution in [0.2, 0.25) is 0 Å². The van der Waals surface area contributed by atoms with Crippen molar-refractivity contribution in [1.82, 2.24) is 0 Å². The number of halogens is 1. The molecule has 2 nitrogen and oxygen atoms in total. The van der Waals surface area contributed by atoms with E-state index in [0.29, 0.717) is 12.7 Å². The molecule has 1 aromatic carbocycles. The molecule has 0 aliphatic carbocycles. The van der Waals surface area contributed by atoms with Crippen molar-refractivity contribution in [2.75, 3.05) is 13.2 Å². The zero-order valence-electron chi connectivity index (χ0n) is 8.15. The van der Waals surface area contributed by atoms with Crippen LogP contribution >= 0.6 is 20.7 Å². The minimum absolute atomic E-state index is 0.117. The second-order valence-corrected chi connectivity index (χ2v) is 5.61. The quantitative estimate of drug-likeness (QED) is 0.632. The number of benzene rings is 1. The summed E-state index contributed by atoms with van der Waals surface area (Å²) in [5.41, 5.74) is 2.55. The largest absolute Gasteiger partial charge is 0.490 e. The van der Waals surface area contributed by atoms with E-state index in [1.165, 1.54) is 11.1 Å². The van der Waals surface area contributed by atoms with Gasteiger partial charge in [-0.15, -0.1) is 0 Å². The number of epoxide rings is 1. The smallest absolute Gasteiger partial charge is 0.127 e. The van der Waals surface area contributed by atoms with Crippen molar-refractivity contribution in [2.24, 2.45) is 0 Å². The Morgan fingerprint density at radius 1 is 1.47 bits per heavy atom. The third kappa shape index (κ3) is 2.13. The number of ether oxygens (including phenoxy) is 2. The zero-order valence-corrected chi connectivity index (χ0v) is 10.3. The topological polar surface area (TPSA) is 21.8 Å². The molecule has 0 N–H and O–H groups in total. The van der Waals surface area contributed by atoms with Crippen LogP contribution in [0, 0.1) is 0 Å². The van der Waals surface area contributed by atoms with E-state index in [1.54, 1.807) is 0 Å². The molecule has 15 heavy (non-hydrogen) atoms. The molecule has 0 spiro atoms. The van der Waals surface area contributed by atoms with Gasteiger partial charge in [0.1, 0.15) is 18.5 Å². The molecule has 1 fully saturated rings. The van der Waals surface area contributed by atoms with Gasteiger partial charge in [0.25, 0.3) is 0 Å². The molecule has 1 aromatic rings. The third-order valence-corrected chi connectivity index (χ3v) is 4.22. The maximum atomic E-state index is 5.74. The van der Waals surface area contributed by atoms with Crippen LogP contribution in [0.5, 0.6) is 5.75 Å². The van der Waals surface area contributed by atoms with E-state index in [-0.39, 0.29) is 20.7 Å². The molecular weight excluding hydrogens is 303 g/mol. The zero-order chi connectivity index (χ0) is 10.1. The molecule has 0 amide bonds. The van der Waals surface area contributed by atoms with Gasteiger partial charge < -0.3 is 9.47 Å². The monoisotopic (exact) mass is 314 g/mol. The lowest BCUT2D eigenvalue weighted by Crippen LogP contribution is -2.06. The van der Waals surface area contributed by atoms with Gasteiger partial charge in [0.2, 0.25) is 0 Å². The summed E-state index contributed by atoms with van der Waals surface area (Å²) in [5.74, 6) is 0.985. The first-order valence-electron chi connectivity index (χ1n) is 4.92. The Kier molecular flexibility index (Phi) is 2.58. The summed E-state index contributed by atoms with van der Waals surface area (Å²) in [6.45, 7) is 1.53. The summed E-state index contributed by atoms with van der Waals surface area (Å²) in [7, 11) is 0. The molecule has 2 aliphatic rings.